The molecule has 0 aliphatic carbocycles. The fraction of sp³-hybridized carbons (Fsp3) is 0.588. The molecule has 1 aromatic rings. The molecule has 2 N–H and O–H groups in total. The first-order valence-electron chi connectivity index (χ1n) is 7.94. The van der Waals surface area contributed by atoms with Gasteiger partial charge in [0.1, 0.15) is 5.75 Å². The zero-order valence-corrected chi connectivity index (χ0v) is 15.1. The lowest BCUT2D eigenvalue weighted by atomic mass is 9.81. The lowest BCUT2D eigenvalue weighted by Crippen LogP contribution is -2.42. The molecule has 23 heavy (non-hydrogen) atoms. The molecule has 0 spiro atoms. The summed E-state index contributed by atoms with van der Waals surface area (Å²) < 4.78 is 5.58. The number of para-hydroxylation sites is 1. The first-order chi connectivity index (χ1) is 10.6. The van der Waals surface area contributed by atoms with Crippen LogP contribution in [0.1, 0.15) is 32.6 Å². The highest BCUT2D eigenvalue weighted by Gasteiger charge is 2.26. The molecule has 1 fully saturated rings. The molecule has 0 atom stereocenters. The molecule has 1 aliphatic rings. The highest BCUT2D eigenvalue weighted by Crippen LogP contribution is 2.26. The van der Waals surface area contributed by atoms with Gasteiger partial charge in [0.05, 0.1) is 11.6 Å². The van der Waals surface area contributed by atoms with Gasteiger partial charge in [-0.2, -0.15) is 0 Å². The predicted molar refractivity (Wildman–Crippen MR) is 96.6 cm³/mol. The van der Waals surface area contributed by atoms with Crippen molar-refractivity contribution in [3.05, 3.63) is 29.3 Å². The fourth-order valence-corrected chi connectivity index (χ4v) is 2.77. The number of hydrogen-bond donors (Lipinski definition) is 2. The molecule has 0 radical (unpaired) electrons. The Labute approximate surface area is 149 Å². The van der Waals surface area contributed by atoms with Crippen molar-refractivity contribution in [1.29, 1.82) is 0 Å². The first-order valence-corrected chi connectivity index (χ1v) is 8.32. The summed E-state index contributed by atoms with van der Waals surface area (Å²) in [6.45, 7) is 5.59. The van der Waals surface area contributed by atoms with Crippen LogP contribution in [0.2, 0.25) is 5.02 Å². The van der Waals surface area contributed by atoms with E-state index in [2.05, 4.69) is 17.6 Å². The van der Waals surface area contributed by atoms with Crippen molar-refractivity contribution in [3.8, 4) is 5.75 Å². The van der Waals surface area contributed by atoms with Gasteiger partial charge >= 0.3 is 0 Å². The number of rotatable bonds is 7. The summed E-state index contributed by atoms with van der Waals surface area (Å²) >= 11 is 6.01. The average molecular weight is 361 g/mol. The van der Waals surface area contributed by atoms with Crippen LogP contribution in [-0.2, 0) is 4.79 Å². The second-order valence-corrected chi connectivity index (χ2v) is 6.63. The smallest absolute Gasteiger partial charge is 0.220 e. The van der Waals surface area contributed by atoms with Crippen LogP contribution >= 0.6 is 24.0 Å². The van der Waals surface area contributed by atoms with E-state index in [1.54, 1.807) is 6.07 Å². The topological polar surface area (TPSA) is 50.4 Å². The highest BCUT2D eigenvalue weighted by molar-refractivity contribution is 6.32. The van der Waals surface area contributed by atoms with Crippen LogP contribution in [0, 0.1) is 5.41 Å². The monoisotopic (exact) mass is 360 g/mol. The number of carbonyl (C=O) groups is 1. The molecular formula is C17H26Cl2N2O2. The van der Waals surface area contributed by atoms with E-state index >= 15 is 0 Å². The molecule has 1 heterocycles. The first kappa shape index (κ1) is 20.1. The van der Waals surface area contributed by atoms with Crippen LogP contribution in [0.4, 0.5) is 0 Å². The quantitative estimate of drug-likeness (QED) is 0.732. The van der Waals surface area contributed by atoms with E-state index in [1.165, 1.54) is 0 Å². The van der Waals surface area contributed by atoms with E-state index in [-0.39, 0.29) is 23.7 Å². The van der Waals surface area contributed by atoms with Gasteiger partial charge in [-0.05, 0) is 49.9 Å². The Morgan fingerprint density at radius 2 is 2.04 bits per heavy atom. The van der Waals surface area contributed by atoms with E-state index < -0.39 is 0 Å². The van der Waals surface area contributed by atoms with Crippen molar-refractivity contribution in [2.75, 3.05) is 26.2 Å². The molecule has 2 rings (SSSR count). The number of hydrogen-bond acceptors (Lipinski definition) is 3. The number of amides is 1. The van der Waals surface area contributed by atoms with Crippen LogP contribution in [0.25, 0.3) is 0 Å². The van der Waals surface area contributed by atoms with Gasteiger partial charge in [0.15, 0.2) is 0 Å². The van der Waals surface area contributed by atoms with E-state index in [1.807, 2.05) is 18.2 Å². The summed E-state index contributed by atoms with van der Waals surface area (Å²) in [6, 6.07) is 7.38. The summed E-state index contributed by atoms with van der Waals surface area (Å²) in [6.07, 6.45) is 3.40. The van der Waals surface area contributed by atoms with Gasteiger partial charge in [-0.3, -0.25) is 4.79 Å². The molecule has 0 aromatic heterocycles. The third kappa shape index (κ3) is 6.98. The van der Waals surface area contributed by atoms with E-state index in [4.69, 9.17) is 16.3 Å². The molecule has 0 bridgehead atoms. The maximum absolute atomic E-state index is 11.9. The zero-order valence-electron chi connectivity index (χ0n) is 13.6. The van der Waals surface area contributed by atoms with Gasteiger partial charge in [-0.1, -0.05) is 30.7 Å². The minimum absolute atomic E-state index is 0. The van der Waals surface area contributed by atoms with Crippen molar-refractivity contribution in [2.45, 2.75) is 32.6 Å². The third-order valence-electron chi connectivity index (χ3n) is 4.17. The predicted octanol–water partition coefficient (Wildman–Crippen LogP) is 3.43. The fourth-order valence-electron chi connectivity index (χ4n) is 2.58. The molecule has 1 aliphatic heterocycles. The number of ether oxygens (including phenoxy) is 1. The van der Waals surface area contributed by atoms with Gasteiger partial charge in [0, 0.05) is 13.0 Å². The van der Waals surface area contributed by atoms with Gasteiger partial charge < -0.3 is 15.4 Å². The molecule has 1 saturated heterocycles. The molecule has 1 aromatic carbocycles. The second kappa shape index (κ2) is 10.0. The minimum Gasteiger partial charge on any atom is -0.492 e. The van der Waals surface area contributed by atoms with Gasteiger partial charge in [0.2, 0.25) is 5.91 Å². The molecule has 1 amide bonds. The largest absolute Gasteiger partial charge is 0.492 e. The minimum atomic E-state index is 0. The number of carbonyl (C=O) groups excluding carboxylic acids is 1. The Hall–Kier alpha value is -0.970. The highest BCUT2D eigenvalue weighted by atomic mass is 35.5. The Balaban J connectivity index is 0.00000264. The summed E-state index contributed by atoms with van der Waals surface area (Å²) in [7, 11) is 0. The van der Waals surface area contributed by atoms with Crippen LogP contribution in [0.3, 0.4) is 0 Å². The zero-order chi connectivity index (χ0) is 15.8. The van der Waals surface area contributed by atoms with Gasteiger partial charge in [0.25, 0.3) is 0 Å². The number of nitrogens with one attached hydrogen (secondary N) is 2. The van der Waals surface area contributed by atoms with Crippen molar-refractivity contribution in [2.24, 2.45) is 5.41 Å². The van der Waals surface area contributed by atoms with Crippen LogP contribution in [0.5, 0.6) is 5.75 Å². The molecule has 130 valence electrons. The summed E-state index contributed by atoms with van der Waals surface area (Å²) in [5.41, 5.74) is 0.231. The maximum atomic E-state index is 11.9. The van der Waals surface area contributed by atoms with Crippen molar-refractivity contribution < 1.29 is 9.53 Å². The lowest BCUT2D eigenvalue weighted by molar-refractivity contribution is -0.121. The van der Waals surface area contributed by atoms with Crippen molar-refractivity contribution >= 4 is 29.9 Å². The molecule has 0 saturated carbocycles. The Kier molecular flexibility index (Phi) is 8.74. The summed E-state index contributed by atoms with van der Waals surface area (Å²) in [4.78, 5) is 11.9. The normalized spacial score (nSPS) is 16.3. The third-order valence-corrected chi connectivity index (χ3v) is 4.48. The Morgan fingerprint density at radius 1 is 1.35 bits per heavy atom. The number of benzene rings is 1. The maximum Gasteiger partial charge on any atom is 0.220 e. The van der Waals surface area contributed by atoms with Crippen LogP contribution < -0.4 is 15.4 Å². The Bertz CT molecular complexity index is 491. The van der Waals surface area contributed by atoms with Gasteiger partial charge in [-0.25, -0.2) is 0 Å². The molecule has 0 unspecified atom stereocenters. The Morgan fingerprint density at radius 3 is 2.74 bits per heavy atom. The molecular weight excluding hydrogens is 335 g/mol. The second-order valence-electron chi connectivity index (χ2n) is 6.22. The van der Waals surface area contributed by atoms with Crippen LogP contribution in [0.15, 0.2) is 24.3 Å². The van der Waals surface area contributed by atoms with Gasteiger partial charge in [-0.15, -0.1) is 12.4 Å². The molecule has 6 heteroatoms. The average Bonchev–Trinajstić information content (AvgIpc) is 2.52. The SMILES string of the molecule is CC1(CNC(=O)CCCOc2ccccc2Cl)CCNCC1.Cl. The van der Waals surface area contributed by atoms with Crippen LogP contribution in [-0.4, -0.2) is 32.1 Å². The lowest BCUT2D eigenvalue weighted by Gasteiger charge is -2.34. The summed E-state index contributed by atoms with van der Waals surface area (Å²) in [5.74, 6) is 0.773. The van der Waals surface area contributed by atoms with E-state index in [0.29, 0.717) is 30.2 Å². The number of piperidine rings is 1. The standard InChI is InChI=1S/C17H25ClN2O2.ClH/c1-17(8-10-19-11-9-17)13-20-16(21)7-4-12-22-15-6-3-2-5-14(15)18;/h2-3,5-6,19H,4,7-13H2,1H3,(H,20,21);1H. The number of halogens is 2. The van der Waals surface area contributed by atoms with Crippen molar-refractivity contribution in [1.82, 2.24) is 10.6 Å². The van der Waals surface area contributed by atoms with E-state index in [9.17, 15) is 4.79 Å². The summed E-state index contributed by atoms with van der Waals surface area (Å²) in [5, 5.41) is 7.01. The van der Waals surface area contributed by atoms with Crippen molar-refractivity contribution in [3.63, 3.8) is 0 Å². The molecule has 4 nitrogen and oxygen atoms in total. The van der Waals surface area contributed by atoms with E-state index in [0.717, 1.165) is 32.5 Å².